The standard InChI is InChI=1S/C27H46O5/c1-15(14-28)6-5-7-16(2)22-24(31)25(32)23-18-13-21(30)20-12-17(29)8-10-26(20,3)19(18)9-11-27(22,23)4/h5,7,15-25,28-32H,6,8-14H2,1-4H3/b7-5+/t15-,16-,17+,18?,19?,20?,21-,22+,23?,24-,25-,26-,27-/m1/s1. The summed E-state index contributed by atoms with van der Waals surface area (Å²) < 4.78 is 0. The maximum Gasteiger partial charge on any atom is 0.0841 e. The summed E-state index contributed by atoms with van der Waals surface area (Å²) in [5.41, 5.74) is -0.166. The lowest BCUT2D eigenvalue weighted by molar-refractivity contribution is -0.181. The average molecular weight is 451 g/mol. The minimum absolute atomic E-state index is 0.00238. The van der Waals surface area contributed by atoms with Gasteiger partial charge in [-0.1, -0.05) is 39.8 Å². The first-order valence-corrected chi connectivity index (χ1v) is 13.0. The Kier molecular flexibility index (Phi) is 6.90. The van der Waals surface area contributed by atoms with Crippen LogP contribution in [0.15, 0.2) is 12.2 Å². The van der Waals surface area contributed by atoms with Crippen LogP contribution < -0.4 is 0 Å². The molecule has 5 N–H and O–H groups in total. The van der Waals surface area contributed by atoms with Crippen molar-refractivity contribution >= 4 is 0 Å². The van der Waals surface area contributed by atoms with E-state index in [0.717, 1.165) is 32.1 Å². The largest absolute Gasteiger partial charge is 0.396 e. The molecule has 0 aromatic carbocycles. The molecule has 0 amide bonds. The lowest BCUT2D eigenvalue weighted by atomic mass is 9.43. The van der Waals surface area contributed by atoms with Crippen molar-refractivity contribution in [3.63, 3.8) is 0 Å². The molecule has 4 rings (SSSR count). The van der Waals surface area contributed by atoms with E-state index in [-0.39, 0.29) is 59.0 Å². The molecule has 0 aliphatic heterocycles. The van der Waals surface area contributed by atoms with Crippen molar-refractivity contribution < 1.29 is 25.5 Å². The van der Waals surface area contributed by atoms with Crippen molar-refractivity contribution in [1.29, 1.82) is 0 Å². The monoisotopic (exact) mass is 450 g/mol. The molecule has 0 radical (unpaired) electrons. The Bertz CT molecular complexity index is 696. The molecule has 4 aliphatic rings. The summed E-state index contributed by atoms with van der Waals surface area (Å²) in [5, 5.41) is 53.3. The predicted octanol–water partition coefficient (Wildman–Crippen LogP) is 3.13. The highest BCUT2D eigenvalue weighted by Gasteiger charge is 2.67. The van der Waals surface area contributed by atoms with E-state index >= 15 is 0 Å². The number of allylic oxidation sites excluding steroid dienone is 2. The van der Waals surface area contributed by atoms with E-state index < -0.39 is 18.3 Å². The first kappa shape index (κ1) is 24.7. The van der Waals surface area contributed by atoms with Gasteiger partial charge in [-0.05, 0) is 97.2 Å². The van der Waals surface area contributed by atoms with Gasteiger partial charge in [-0.25, -0.2) is 0 Å². The van der Waals surface area contributed by atoms with E-state index in [0.29, 0.717) is 18.8 Å². The Morgan fingerprint density at radius 1 is 0.906 bits per heavy atom. The first-order chi connectivity index (χ1) is 15.0. The van der Waals surface area contributed by atoms with Gasteiger partial charge < -0.3 is 25.5 Å². The number of aliphatic hydroxyl groups excluding tert-OH is 5. The van der Waals surface area contributed by atoms with Gasteiger partial charge in [0.2, 0.25) is 0 Å². The quantitative estimate of drug-likeness (QED) is 0.414. The van der Waals surface area contributed by atoms with Gasteiger partial charge in [0.1, 0.15) is 0 Å². The molecular weight excluding hydrogens is 404 g/mol. The van der Waals surface area contributed by atoms with Crippen LogP contribution in [0.1, 0.15) is 72.6 Å². The van der Waals surface area contributed by atoms with Gasteiger partial charge in [0, 0.05) is 6.61 Å². The van der Waals surface area contributed by atoms with Gasteiger partial charge in [0.05, 0.1) is 24.4 Å². The molecule has 0 heterocycles. The highest BCUT2D eigenvalue weighted by atomic mass is 16.3. The fourth-order valence-electron chi connectivity index (χ4n) is 9.04. The van der Waals surface area contributed by atoms with Crippen LogP contribution in [0.4, 0.5) is 0 Å². The van der Waals surface area contributed by atoms with Crippen LogP contribution in [-0.2, 0) is 0 Å². The summed E-state index contributed by atoms with van der Waals surface area (Å²) in [6.07, 6.45) is 7.99. The molecule has 4 saturated carbocycles. The molecule has 0 aromatic rings. The maximum absolute atomic E-state index is 11.3. The third-order valence-corrected chi connectivity index (χ3v) is 10.7. The van der Waals surface area contributed by atoms with Gasteiger partial charge in [-0.3, -0.25) is 0 Å². The zero-order chi connectivity index (χ0) is 23.4. The molecule has 0 spiro atoms. The Morgan fingerprint density at radius 3 is 2.28 bits per heavy atom. The van der Waals surface area contributed by atoms with Gasteiger partial charge in [-0.15, -0.1) is 0 Å². The van der Waals surface area contributed by atoms with E-state index in [1.165, 1.54) is 0 Å². The molecule has 0 bridgehead atoms. The second kappa shape index (κ2) is 8.96. The summed E-state index contributed by atoms with van der Waals surface area (Å²) in [6, 6.07) is 0. The van der Waals surface area contributed by atoms with Crippen molar-refractivity contribution in [3.8, 4) is 0 Å². The Morgan fingerprint density at radius 2 is 1.59 bits per heavy atom. The molecule has 5 heteroatoms. The highest BCUT2D eigenvalue weighted by molar-refractivity contribution is 5.17. The van der Waals surface area contributed by atoms with E-state index in [4.69, 9.17) is 0 Å². The van der Waals surface area contributed by atoms with Gasteiger partial charge in [-0.2, -0.15) is 0 Å². The van der Waals surface area contributed by atoms with Crippen molar-refractivity contribution in [2.24, 2.45) is 52.3 Å². The fraction of sp³-hybridized carbons (Fsp3) is 0.926. The van der Waals surface area contributed by atoms with Crippen LogP contribution >= 0.6 is 0 Å². The van der Waals surface area contributed by atoms with Crippen LogP contribution in [-0.4, -0.2) is 56.6 Å². The Hall–Kier alpha value is -0.460. The second-order valence-corrected chi connectivity index (χ2v) is 12.5. The lowest BCUT2D eigenvalue weighted by Gasteiger charge is -2.62. The van der Waals surface area contributed by atoms with Crippen molar-refractivity contribution in [2.75, 3.05) is 6.61 Å². The van der Waals surface area contributed by atoms with Gasteiger partial charge >= 0.3 is 0 Å². The Balaban J connectivity index is 1.59. The van der Waals surface area contributed by atoms with Crippen molar-refractivity contribution in [1.82, 2.24) is 0 Å². The number of rotatable bonds is 5. The third kappa shape index (κ3) is 3.80. The van der Waals surface area contributed by atoms with Crippen LogP contribution in [0.3, 0.4) is 0 Å². The Labute approximate surface area is 193 Å². The molecule has 32 heavy (non-hydrogen) atoms. The van der Waals surface area contributed by atoms with E-state index in [2.05, 4.69) is 32.9 Å². The summed E-state index contributed by atoms with van der Waals surface area (Å²) in [5.74, 6) is 1.11. The second-order valence-electron chi connectivity index (χ2n) is 12.5. The van der Waals surface area contributed by atoms with Crippen LogP contribution in [0, 0.1) is 52.3 Å². The maximum atomic E-state index is 11.3. The lowest BCUT2D eigenvalue weighted by Crippen LogP contribution is -2.59. The van der Waals surface area contributed by atoms with E-state index in [1.807, 2.05) is 6.92 Å². The van der Waals surface area contributed by atoms with E-state index in [9.17, 15) is 25.5 Å². The zero-order valence-corrected chi connectivity index (χ0v) is 20.4. The first-order valence-electron chi connectivity index (χ1n) is 13.0. The average Bonchev–Trinajstić information content (AvgIpc) is 2.94. The molecule has 4 fully saturated rings. The number of hydrogen-bond acceptors (Lipinski definition) is 5. The smallest absolute Gasteiger partial charge is 0.0841 e. The summed E-state index contributed by atoms with van der Waals surface area (Å²) in [7, 11) is 0. The topological polar surface area (TPSA) is 101 Å². The van der Waals surface area contributed by atoms with E-state index in [1.54, 1.807) is 0 Å². The van der Waals surface area contributed by atoms with Crippen LogP contribution in [0.2, 0.25) is 0 Å². The zero-order valence-electron chi connectivity index (χ0n) is 20.4. The minimum atomic E-state index is -0.758. The molecule has 4 aliphatic carbocycles. The van der Waals surface area contributed by atoms with Crippen molar-refractivity contribution in [2.45, 2.75) is 97.1 Å². The number of fused-ring (bicyclic) bond motifs is 5. The molecule has 184 valence electrons. The summed E-state index contributed by atoms with van der Waals surface area (Å²) >= 11 is 0. The number of hydrogen-bond donors (Lipinski definition) is 5. The van der Waals surface area contributed by atoms with Gasteiger partial charge in [0.15, 0.2) is 0 Å². The molecular formula is C27H46O5. The van der Waals surface area contributed by atoms with Gasteiger partial charge in [0.25, 0.3) is 0 Å². The molecule has 4 unspecified atom stereocenters. The van der Waals surface area contributed by atoms with Crippen LogP contribution in [0.5, 0.6) is 0 Å². The molecule has 5 nitrogen and oxygen atoms in total. The fourth-order valence-corrected chi connectivity index (χ4v) is 9.04. The normalized spacial score (nSPS) is 52.8. The molecule has 0 aromatic heterocycles. The predicted molar refractivity (Wildman–Crippen MR) is 125 cm³/mol. The third-order valence-electron chi connectivity index (χ3n) is 10.7. The molecule has 13 atom stereocenters. The summed E-state index contributed by atoms with van der Waals surface area (Å²) in [6.45, 7) is 8.93. The summed E-state index contributed by atoms with van der Waals surface area (Å²) in [4.78, 5) is 0. The SMILES string of the molecule is C[C@@H](CO)C/C=C/[C@@H](C)[C@H]1[C@@H](O)[C@H](O)C2C3C[C@@H](O)C4C[C@@H](O)CC[C@]4(C)C3CC[C@@]21C. The minimum Gasteiger partial charge on any atom is -0.396 e. The molecule has 0 saturated heterocycles. The van der Waals surface area contributed by atoms with Crippen LogP contribution in [0.25, 0.3) is 0 Å². The van der Waals surface area contributed by atoms with Crippen molar-refractivity contribution in [3.05, 3.63) is 12.2 Å². The number of aliphatic hydroxyl groups is 5. The highest BCUT2D eigenvalue weighted by Crippen LogP contribution is 2.68.